The van der Waals surface area contributed by atoms with Crippen molar-refractivity contribution in [3.05, 3.63) is 72.7 Å². The number of nitrogens with zero attached hydrogens (tertiary/aromatic N) is 5. The first-order valence-electron chi connectivity index (χ1n) is 11.6. The predicted molar refractivity (Wildman–Crippen MR) is 136 cm³/mol. The van der Waals surface area contributed by atoms with Gasteiger partial charge in [0.05, 0.1) is 11.9 Å². The maximum Gasteiger partial charge on any atom is 0.248 e. The van der Waals surface area contributed by atoms with Gasteiger partial charge in [0.2, 0.25) is 5.91 Å². The van der Waals surface area contributed by atoms with Crippen LogP contribution in [0.3, 0.4) is 0 Å². The van der Waals surface area contributed by atoms with Gasteiger partial charge in [0, 0.05) is 67.1 Å². The Labute approximate surface area is 199 Å². The van der Waals surface area contributed by atoms with Gasteiger partial charge in [-0.2, -0.15) is 0 Å². The molecule has 1 amide bonds. The summed E-state index contributed by atoms with van der Waals surface area (Å²) < 4.78 is 1.98. The van der Waals surface area contributed by atoms with Gasteiger partial charge < -0.3 is 16.0 Å². The Kier molecular flexibility index (Phi) is 5.90. The summed E-state index contributed by atoms with van der Waals surface area (Å²) in [5.74, 6) is 0.238. The Bertz CT molecular complexity index is 1290. The molecule has 1 aliphatic heterocycles. The van der Waals surface area contributed by atoms with Crippen molar-refractivity contribution in [2.45, 2.75) is 19.9 Å². The molecular formula is C26H29N7O. The normalized spacial score (nSPS) is 14.6. The summed E-state index contributed by atoms with van der Waals surface area (Å²) in [4.78, 5) is 25.5. The first-order chi connectivity index (χ1) is 16.5. The number of benzene rings is 2. The number of carbonyl (C=O) groups excluding carboxylic acids is 1. The molecule has 0 radical (unpaired) electrons. The summed E-state index contributed by atoms with van der Waals surface area (Å²) in [5.41, 5.74) is 10.6. The van der Waals surface area contributed by atoms with E-state index < -0.39 is 5.91 Å². The molecule has 0 spiro atoms. The van der Waals surface area contributed by atoms with Gasteiger partial charge in [0.1, 0.15) is 0 Å². The Balaban J connectivity index is 1.33. The monoisotopic (exact) mass is 455 g/mol. The molecule has 8 heteroatoms. The molecule has 34 heavy (non-hydrogen) atoms. The summed E-state index contributed by atoms with van der Waals surface area (Å²) in [6, 6.07) is 16.3. The summed E-state index contributed by atoms with van der Waals surface area (Å²) in [6.07, 6.45) is 5.46. The number of rotatable bonds is 6. The molecule has 2 aromatic carbocycles. The number of amides is 1. The molecule has 3 N–H and O–H groups in total. The minimum atomic E-state index is -0.444. The average Bonchev–Trinajstić information content (AvgIpc) is 3.35. The van der Waals surface area contributed by atoms with E-state index >= 15 is 0 Å². The number of fused-ring (bicyclic) bond motifs is 1. The third kappa shape index (κ3) is 4.32. The second-order valence-electron chi connectivity index (χ2n) is 8.84. The standard InChI is InChI=1S/C26H29N7O/c1-18(2)31-13-15-32(16-14-31)22-9-7-21(8-10-22)30-25-26-28-11-12-33(26)23(17-29-25)19-3-5-20(6-4-19)24(27)34/h3-12,17-18H,13-16H2,1-2H3,(H2,27,34)(H,29,30). The highest BCUT2D eigenvalue weighted by molar-refractivity contribution is 5.93. The minimum absolute atomic E-state index is 0.444. The van der Waals surface area contributed by atoms with Gasteiger partial charge in [-0.3, -0.25) is 14.1 Å². The number of hydrogen-bond acceptors (Lipinski definition) is 6. The summed E-state index contributed by atoms with van der Waals surface area (Å²) in [7, 11) is 0. The van der Waals surface area contributed by atoms with E-state index in [0.29, 0.717) is 17.4 Å². The number of imidazole rings is 1. The molecule has 1 fully saturated rings. The van der Waals surface area contributed by atoms with Crippen LogP contribution in [0.5, 0.6) is 0 Å². The van der Waals surface area contributed by atoms with E-state index in [-0.39, 0.29) is 0 Å². The van der Waals surface area contributed by atoms with E-state index in [9.17, 15) is 4.79 Å². The van der Waals surface area contributed by atoms with Gasteiger partial charge in [-0.25, -0.2) is 9.97 Å². The molecule has 1 aliphatic rings. The maximum atomic E-state index is 11.4. The second kappa shape index (κ2) is 9.15. The van der Waals surface area contributed by atoms with Gasteiger partial charge >= 0.3 is 0 Å². The highest BCUT2D eigenvalue weighted by Gasteiger charge is 2.19. The number of anilines is 3. The minimum Gasteiger partial charge on any atom is -0.369 e. The van der Waals surface area contributed by atoms with Crippen LogP contribution in [0, 0.1) is 0 Å². The Hall–Kier alpha value is -3.91. The highest BCUT2D eigenvalue weighted by Crippen LogP contribution is 2.27. The summed E-state index contributed by atoms with van der Waals surface area (Å²) >= 11 is 0. The third-order valence-electron chi connectivity index (χ3n) is 6.43. The second-order valence-corrected chi connectivity index (χ2v) is 8.84. The van der Waals surface area contributed by atoms with Gasteiger partial charge in [-0.05, 0) is 50.2 Å². The number of primary amides is 1. The van der Waals surface area contributed by atoms with Crippen LogP contribution >= 0.6 is 0 Å². The fourth-order valence-corrected chi connectivity index (χ4v) is 4.41. The van der Waals surface area contributed by atoms with Crippen molar-refractivity contribution in [1.29, 1.82) is 0 Å². The zero-order chi connectivity index (χ0) is 23.7. The number of carbonyl (C=O) groups is 1. The molecule has 8 nitrogen and oxygen atoms in total. The van der Waals surface area contributed by atoms with Crippen LogP contribution in [-0.4, -0.2) is 57.4 Å². The number of nitrogens with two attached hydrogens (primary N) is 1. The Morgan fingerprint density at radius 2 is 1.68 bits per heavy atom. The smallest absolute Gasteiger partial charge is 0.248 e. The number of aromatic nitrogens is 3. The van der Waals surface area contributed by atoms with Crippen molar-refractivity contribution in [2.75, 3.05) is 36.4 Å². The van der Waals surface area contributed by atoms with Gasteiger partial charge in [-0.1, -0.05) is 12.1 Å². The molecule has 174 valence electrons. The fraction of sp³-hybridized carbons (Fsp3) is 0.269. The Morgan fingerprint density at radius 3 is 2.32 bits per heavy atom. The molecule has 2 aromatic heterocycles. The largest absolute Gasteiger partial charge is 0.369 e. The molecule has 1 saturated heterocycles. The third-order valence-corrected chi connectivity index (χ3v) is 6.43. The number of hydrogen-bond donors (Lipinski definition) is 2. The van der Waals surface area contributed by atoms with Crippen molar-refractivity contribution in [3.8, 4) is 11.3 Å². The summed E-state index contributed by atoms with van der Waals surface area (Å²) in [5, 5.41) is 3.41. The van der Waals surface area contributed by atoms with E-state index in [1.807, 2.05) is 22.7 Å². The molecule has 5 rings (SSSR count). The van der Waals surface area contributed by atoms with Crippen molar-refractivity contribution in [3.63, 3.8) is 0 Å². The lowest BCUT2D eigenvalue weighted by atomic mass is 10.1. The van der Waals surface area contributed by atoms with E-state index in [1.54, 1.807) is 24.5 Å². The summed E-state index contributed by atoms with van der Waals surface area (Å²) in [6.45, 7) is 8.79. The molecule has 0 aliphatic carbocycles. The SMILES string of the molecule is CC(C)N1CCN(c2ccc(Nc3ncc(-c4ccc(C(N)=O)cc4)n4ccnc34)cc2)CC1. The molecular weight excluding hydrogens is 426 g/mol. The Morgan fingerprint density at radius 1 is 0.971 bits per heavy atom. The molecule has 0 saturated carbocycles. The molecule has 0 unspecified atom stereocenters. The van der Waals surface area contributed by atoms with E-state index in [0.717, 1.165) is 48.8 Å². The lowest BCUT2D eigenvalue weighted by Crippen LogP contribution is -2.48. The fourth-order valence-electron chi connectivity index (χ4n) is 4.41. The zero-order valence-electron chi connectivity index (χ0n) is 19.5. The van der Waals surface area contributed by atoms with Crippen molar-refractivity contribution >= 4 is 28.7 Å². The van der Waals surface area contributed by atoms with Crippen LogP contribution in [-0.2, 0) is 0 Å². The maximum absolute atomic E-state index is 11.4. The first-order valence-corrected chi connectivity index (χ1v) is 11.6. The van der Waals surface area contributed by atoms with Crippen molar-refractivity contribution in [2.24, 2.45) is 5.73 Å². The molecule has 0 atom stereocenters. The van der Waals surface area contributed by atoms with E-state index in [2.05, 4.69) is 63.2 Å². The van der Waals surface area contributed by atoms with E-state index in [1.165, 1.54) is 5.69 Å². The topological polar surface area (TPSA) is 91.8 Å². The molecule has 3 heterocycles. The van der Waals surface area contributed by atoms with Gasteiger partial charge in [0.15, 0.2) is 11.5 Å². The van der Waals surface area contributed by atoms with Crippen molar-refractivity contribution in [1.82, 2.24) is 19.3 Å². The highest BCUT2D eigenvalue weighted by atomic mass is 16.1. The average molecular weight is 456 g/mol. The lowest BCUT2D eigenvalue weighted by molar-refractivity contribution is 0.100. The predicted octanol–water partition coefficient (Wildman–Crippen LogP) is 3.77. The first kappa shape index (κ1) is 21.9. The van der Waals surface area contributed by atoms with Crippen LogP contribution in [0.15, 0.2) is 67.1 Å². The number of nitrogens with one attached hydrogen (secondary N) is 1. The van der Waals surface area contributed by atoms with E-state index in [4.69, 9.17) is 5.73 Å². The van der Waals surface area contributed by atoms with Crippen LogP contribution < -0.4 is 16.0 Å². The van der Waals surface area contributed by atoms with Crippen LogP contribution in [0.4, 0.5) is 17.2 Å². The van der Waals surface area contributed by atoms with Gasteiger partial charge in [0.25, 0.3) is 0 Å². The van der Waals surface area contributed by atoms with Crippen LogP contribution in [0.2, 0.25) is 0 Å². The van der Waals surface area contributed by atoms with Crippen molar-refractivity contribution < 1.29 is 4.79 Å². The van der Waals surface area contributed by atoms with Gasteiger partial charge in [-0.15, -0.1) is 0 Å². The van der Waals surface area contributed by atoms with Crippen LogP contribution in [0.25, 0.3) is 16.9 Å². The number of piperazine rings is 1. The molecule has 4 aromatic rings. The lowest BCUT2D eigenvalue weighted by Gasteiger charge is -2.38. The van der Waals surface area contributed by atoms with Crippen LogP contribution in [0.1, 0.15) is 24.2 Å². The quantitative estimate of drug-likeness (QED) is 0.460. The molecule has 0 bridgehead atoms. The zero-order valence-corrected chi connectivity index (χ0v) is 19.5.